The first-order valence-corrected chi connectivity index (χ1v) is 9.81. The molecule has 3 nitrogen and oxygen atoms in total. The zero-order valence-electron chi connectivity index (χ0n) is 16.1. The van der Waals surface area contributed by atoms with Crippen LogP contribution in [0.1, 0.15) is 68.4 Å². The van der Waals surface area contributed by atoms with E-state index in [1.54, 1.807) is 18.3 Å². The normalized spacial score (nSPS) is 18.2. The van der Waals surface area contributed by atoms with Crippen LogP contribution in [0.15, 0.2) is 51.9 Å². The van der Waals surface area contributed by atoms with Crippen molar-refractivity contribution in [2.45, 2.75) is 58.3 Å². The Kier molecular flexibility index (Phi) is 6.74. The highest BCUT2D eigenvalue weighted by atomic mass is 19.1. The Morgan fingerprint density at radius 1 is 1.41 bits per heavy atom. The average molecular weight is 366 g/mol. The SMILES string of the molecule is CC=C(N=CC=CCCC)c1nc2c(o1)CCCC(c1cccc(F)c1)C2. The van der Waals surface area contributed by atoms with Crippen LogP contribution >= 0.6 is 0 Å². The second kappa shape index (κ2) is 9.45. The van der Waals surface area contributed by atoms with Crippen LogP contribution in [0, 0.1) is 5.82 Å². The molecule has 1 unspecified atom stereocenters. The van der Waals surface area contributed by atoms with Crippen LogP contribution in [0.4, 0.5) is 4.39 Å². The average Bonchev–Trinajstić information content (AvgIpc) is 2.95. The van der Waals surface area contributed by atoms with Crippen molar-refractivity contribution in [3.63, 3.8) is 0 Å². The van der Waals surface area contributed by atoms with Crippen LogP contribution in [0.2, 0.25) is 0 Å². The molecule has 0 fully saturated rings. The second-order valence-corrected chi connectivity index (χ2v) is 6.91. The number of halogens is 1. The molecule has 0 radical (unpaired) electrons. The molecule has 1 aromatic carbocycles. The number of aryl methyl sites for hydroxylation is 1. The summed E-state index contributed by atoms with van der Waals surface area (Å²) >= 11 is 0. The summed E-state index contributed by atoms with van der Waals surface area (Å²) in [6.07, 6.45) is 13.6. The summed E-state index contributed by atoms with van der Waals surface area (Å²) in [6, 6.07) is 6.92. The fraction of sp³-hybridized carbons (Fsp3) is 0.391. The smallest absolute Gasteiger partial charge is 0.245 e. The van der Waals surface area contributed by atoms with E-state index in [0.717, 1.165) is 61.2 Å². The number of aliphatic imine (C=N–C) groups is 1. The van der Waals surface area contributed by atoms with Gasteiger partial charge >= 0.3 is 0 Å². The van der Waals surface area contributed by atoms with Gasteiger partial charge < -0.3 is 4.42 Å². The van der Waals surface area contributed by atoms with Gasteiger partial charge in [-0.05, 0) is 55.9 Å². The van der Waals surface area contributed by atoms with E-state index in [0.29, 0.717) is 5.89 Å². The van der Waals surface area contributed by atoms with E-state index in [1.807, 2.05) is 25.1 Å². The van der Waals surface area contributed by atoms with Crippen molar-refractivity contribution < 1.29 is 8.81 Å². The molecule has 0 spiro atoms. The number of rotatable bonds is 6. The van der Waals surface area contributed by atoms with Crippen molar-refractivity contribution >= 4 is 11.9 Å². The predicted octanol–water partition coefficient (Wildman–Crippen LogP) is 6.26. The monoisotopic (exact) mass is 366 g/mol. The summed E-state index contributed by atoms with van der Waals surface area (Å²) in [7, 11) is 0. The molecule has 1 atom stereocenters. The fourth-order valence-corrected chi connectivity index (χ4v) is 3.44. The molecule has 0 saturated carbocycles. The maximum absolute atomic E-state index is 13.6. The summed E-state index contributed by atoms with van der Waals surface area (Å²) in [5, 5.41) is 0. The van der Waals surface area contributed by atoms with Crippen LogP contribution in [0.25, 0.3) is 5.70 Å². The van der Waals surface area contributed by atoms with E-state index in [9.17, 15) is 4.39 Å². The van der Waals surface area contributed by atoms with Crippen LogP contribution in [-0.4, -0.2) is 11.2 Å². The van der Waals surface area contributed by atoms with Gasteiger partial charge in [0, 0.05) is 19.1 Å². The number of fused-ring (bicyclic) bond motifs is 1. The first-order chi connectivity index (χ1) is 13.2. The van der Waals surface area contributed by atoms with Crippen molar-refractivity contribution in [2.24, 2.45) is 4.99 Å². The van der Waals surface area contributed by atoms with Crippen molar-refractivity contribution in [3.05, 3.63) is 71.2 Å². The lowest BCUT2D eigenvalue weighted by atomic mass is 9.91. The number of aromatic nitrogens is 1. The number of hydrogen-bond donors (Lipinski definition) is 0. The summed E-state index contributed by atoms with van der Waals surface area (Å²) in [6.45, 7) is 4.09. The van der Waals surface area contributed by atoms with Crippen molar-refractivity contribution in [1.29, 1.82) is 0 Å². The Morgan fingerprint density at radius 3 is 3.07 bits per heavy atom. The van der Waals surface area contributed by atoms with Gasteiger partial charge in [-0.15, -0.1) is 0 Å². The molecular weight excluding hydrogens is 339 g/mol. The first-order valence-electron chi connectivity index (χ1n) is 9.81. The maximum Gasteiger partial charge on any atom is 0.245 e. The topological polar surface area (TPSA) is 38.4 Å². The van der Waals surface area contributed by atoms with Crippen molar-refractivity contribution in [1.82, 2.24) is 4.98 Å². The van der Waals surface area contributed by atoms with E-state index in [4.69, 9.17) is 9.40 Å². The standard InChI is InChI=1S/C23H27FN2O/c1-3-5-6-7-14-25-20(4-2)23-26-21-16-18(11-9-13-22(21)27-23)17-10-8-12-19(24)15-17/h4,6-8,10,12,14-15,18H,3,5,9,11,13,16H2,1-2H3. The van der Waals surface area contributed by atoms with Crippen LogP contribution in [0.5, 0.6) is 0 Å². The molecule has 0 aliphatic heterocycles. The third-order valence-corrected chi connectivity index (χ3v) is 4.88. The van der Waals surface area contributed by atoms with Crippen molar-refractivity contribution in [2.75, 3.05) is 0 Å². The number of allylic oxidation sites excluding steroid dienone is 3. The van der Waals surface area contributed by atoms with E-state index >= 15 is 0 Å². The quantitative estimate of drug-likeness (QED) is 0.447. The predicted molar refractivity (Wildman–Crippen MR) is 108 cm³/mol. The van der Waals surface area contributed by atoms with Gasteiger partial charge in [0.1, 0.15) is 17.3 Å². The zero-order chi connectivity index (χ0) is 19.1. The van der Waals surface area contributed by atoms with Gasteiger partial charge in [0.25, 0.3) is 0 Å². The minimum Gasteiger partial charge on any atom is -0.440 e. The Hall–Kier alpha value is -2.49. The van der Waals surface area contributed by atoms with Gasteiger partial charge in [-0.1, -0.05) is 37.6 Å². The number of nitrogens with zero attached hydrogens (tertiary/aromatic N) is 2. The number of benzene rings is 1. The lowest BCUT2D eigenvalue weighted by Gasteiger charge is -2.14. The summed E-state index contributed by atoms with van der Waals surface area (Å²) in [4.78, 5) is 9.21. The molecule has 1 aliphatic carbocycles. The summed E-state index contributed by atoms with van der Waals surface area (Å²) in [5.41, 5.74) is 2.76. The van der Waals surface area contributed by atoms with Gasteiger partial charge in [0.05, 0.1) is 5.69 Å². The molecule has 3 rings (SSSR count). The molecule has 0 bridgehead atoms. The molecule has 2 aromatic rings. The maximum atomic E-state index is 13.6. The Morgan fingerprint density at radius 2 is 2.30 bits per heavy atom. The third-order valence-electron chi connectivity index (χ3n) is 4.88. The Bertz CT molecular complexity index is 848. The van der Waals surface area contributed by atoms with Crippen LogP contribution < -0.4 is 0 Å². The summed E-state index contributed by atoms with van der Waals surface area (Å²) in [5.74, 6) is 1.61. The molecule has 0 saturated heterocycles. The Balaban J connectivity index is 1.78. The zero-order valence-corrected chi connectivity index (χ0v) is 16.1. The fourth-order valence-electron chi connectivity index (χ4n) is 3.44. The molecule has 0 amide bonds. The van der Waals surface area contributed by atoms with Gasteiger partial charge in [-0.25, -0.2) is 9.37 Å². The number of oxazole rings is 1. The van der Waals surface area contributed by atoms with Crippen molar-refractivity contribution in [3.8, 4) is 0 Å². The van der Waals surface area contributed by atoms with Gasteiger partial charge in [-0.3, -0.25) is 4.99 Å². The first kappa shape index (κ1) is 19.3. The summed E-state index contributed by atoms with van der Waals surface area (Å²) < 4.78 is 19.6. The lowest BCUT2D eigenvalue weighted by molar-refractivity contribution is 0.481. The molecule has 1 heterocycles. The highest BCUT2D eigenvalue weighted by Crippen LogP contribution is 2.33. The third kappa shape index (κ3) is 5.03. The molecule has 142 valence electrons. The molecule has 0 N–H and O–H groups in total. The molecular formula is C23H27FN2O. The lowest BCUT2D eigenvalue weighted by Crippen LogP contribution is -2.03. The van der Waals surface area contributed by atoms with Gasteiger partial charge in [0.15, 0.2) is 0 Å². The molecule has 4 heteroatoms. The molecule has 1 aliphatic rings. The molecule has 1 aromatic heterocycles. The minimum absolute atomic E-state index is 0.181. The van der Waals surface area contributed by atoms with Crippen LogP contribution in [-0.2, 0) is 12.8 Å². The van der Waals surface area contributed by atoms with Gasteiger partial charge in [-0.2, -0.15) is 0 Å². The van der Waals surface area contributed by atoms with E-state index in [1.165, 1.54) is 6.07 Å². The van der Waals surface area contributed by atoms with E-state index in [-0.39, 0.29) is 11.7 Å². The van der Waals surface area contributed by atoms with E-state index < -0.39 is 0 Å². The minimum atomic E-state index is -0.181. The van der Waals surface area contributed by atoms with Crippen LogP contribution in [0.3, 0.4) is 0 Å². The van der Waals surface area contributed by atoms with E-state index in [2.05, 4.69) is 18.0 Å². The van der Waals surface area contributed by atoms with Gasteiger partial charge in [0.2, 0.25) is 5.89 Å². The highest BCUT2D eigenvalue weighted by molar-refractivity contribution is 5.78. The number of hydrogen-bond acceptors (Lipinski definition) is 3. The number of unbranched alkanes of at least 4 members (excludes halogenated alkanes) is 1. The molecule has 27 heavy (non-hydrogen) atoms. The Labute approximate surface area is 160 Å². The second-order valence-electron chi connectivity index (χ2n) is 6.91. The highest BCUT2D eigenvalue weighted by Gasteiger charge is 2.24. The largest absolute Gasteiger partial charge is 0.440 e.